The van der Waals surface area contributed by atoms with Gasteiger partial charge in [-0.2, -0.15) is 0 Å². The van der Waals surface area contributed by atoms with E-state index in [9.17, 15) is 14.4 Å². The number of amides is 2. The Morgan fingerprint density at radius 2 is 1.79 bits per heavy atom. The molecule has 0 aliphatic rings. The Balaban J connectivity index is 1.61. The summed E-state index contributed by atoms with van der Waals surface area (Å²) >= 11 is 0. The van der Waals surface area contributed by atoms with Gasteiger partial charge in [0.15, 0.2) is 0 Å². The number of fused-ring (bicyclic) bond motifs is 1. The van der Waals surface area contributed by atoms with Crippen LogP contribution in [0.5, 0.6) is 5.75 Å². The van der Waals surface area contributed by atoms with Crippen LogP contribution in [0.2, 0.25) is 0 Å². The Morgan fingerprint density at radius 1 is 1.07 bits per heavy atom. The molecule has 0 aliphatic carbocycles. The molecule has 0 spiro atoms. The first-order chi connectivity index (χ1) is 13.5. The molecular weight excluding hydrogens is 358 g/mol. The zero-order valence-electron chi connectivity index (χ0n) is 15.5. The first-order valence-electron chi connectivity index (χ1n) is 8.84. The van der Waals surface area contributed by atoms with Crippen LogP contribution in [0.1, 0.15) is 15.9 Å². The lowest BCUT2D eigenvalue weighted by molar-refractivity contribution is -0.121. The maximum atomic E-state index is 12.3. The van der Waals surface area contributed by atoms with Gasteiger partial charge in [0.25, 0.3) is 11.7 Å². The quantitative estimate of drug-likeness (QED) is 0.354. The second-order valence-electron chi connectivity index (χ2n) is 6.39. The number of nitrogens with zero attached hydrogens (tertiary/aromatic N) is 1. The van der Waals surface area contributed by atoms with Crippen LogP contribution in [-0.2, 0) is 16.1 Å². The van der Waals surface area contributed by atoms with E-state index in [1.807, 2.05) is 31.2 Å². The van der Waals surface area contributed by atoms with Crippen LogP contribution in [0.4, 0.5) is 0 Å². The molecule has 7 nitrogen and oxygen atoms in total. The number of aromatic nitrogens is 1. The van der Waals surface area contributed by atoms with Crippen LogP contribution in [0.15, 0.2) is 54.7 Å². The molecule has 0 bridgehead atoms. The molecule has 2 amide bonds. The van der Waals surface area contributed by atoms with E-state index in [-0.39, 0.29) is 18.0 Å². The van der Waals surface area contributed by atoms with Crippen LogP contribution >= 0.6 is 0 Å². The summed E-state index contributed by atoms with van der Waals surface area (Å²) in [5, 5.41) is 3.36. The molecule has 0 radical (unpaired) electrons. The fraction of sp³-hybridized carbons (Fsp3) is 0.190. The maximum absolute atomic E-state index is 12.3. The fourth-order valence-electron chi connectivity index (χ4n) is 2.90. The highest BCUT2D eigenvalue weighted by molar-refractivity contribution is 6.44. The van der Waals surface area contributed by atoms with E-state index < -0.39 is 11.7 Å². The molecule has 3 rings (SSSR count). The number of primary amides is 1. The highest BCUT2D eigenvalue weighted by Gasteiger charge is 2.19. The summed E-state index contributed by atoms with van der Waals surface area (Å²) in [6.07, 6.45) is 1.49. The van der Waals surface area contributed by atoms with Gasteiger partial charge in [0.2, 0.25) is 5.91 Å². The lowest BCUT2D eigenvalue weighted by Gasteiger charge is -2.09. The summed E-state index contributed by atoms with van der Waals surface area (Å²) in [6, 6.07) is 14.7. The second kappa shape index (κ2) is 8.39. The van der Waals surface area contributed by atoms with Crippen molar-refractivity contribution in [3.05, 3.63) is 65.9 Å². The zero-order valence-corrected chi connectivity index (χ0v) is 15.5. The van der Waals surface area contributed by atoms with Crippen molar-refractivity contribution >= 4 is 28.5 Å². The van der Waals surface area contributed by atoms with E-state index in [2.05, 4.69) is 5.32 Å². The van der Waals surface area contributed by atoms with Gasteiger partial charge in [-0.25, -0.2) is 0 Å². The molecule has 0 saturated carbocycles. The first-order valence-corrected chi connectivity index (χ1v) is 8.84. The number of hydrogen-bond donors (Lipinski definition) is 2. The minimum absolute atomic E-state index is 0.0110. The van der Waals surface area contributed by atoms with Crippen LogP contribution < -0.4 is 15.8 Å². The number of para-hydroxylation sites is 1. The van der Waals surface area contributed by atoms with Crippen LogP contribution in [0.25, 0.3) is 10.9 Å². The highest BCUT2D eigenvalue weighted by atomic mass is 16.5. The maximum Gasteiger partial charge on any atom is 0.289 e. The topological polar surface area (TPSA) is 103 Å². The van der Waals surface area contributed by atoms with E-state index in [1.54, 1.807) is 28.8 Å². The Kier molecular flexibility index (Phi) is 5.74. The normalized spacial score (nSPS) is 10.6. The Hall–Kier alpha value is -3.61. The number of ketones is 1. The third-order valence-electron chi connectivity index (χ3n) is 4.28. The third-order valence-corrected chi connectivity index (χ3v) is 4.28. The second-order valence-corrected chi connectivity index (χ2v) is 6.39. The number of aryl methyl sites for hydroxylation is 1. The molecule has 3 N–H and O–H groups in total. The lowest BCUT2D eigenvalue weighted by Crippen LogP contribution is -2.31. The number of nitrogens with two attached hydrogens (primary N) is 1. The molecule has 0 aliphatic heterocycles. The third kappa shape index (κ3) is 4.37. The number of benzene rings is 2. The van der Waals surface area contributed by atoms with Crippen molar-refractivity contribution in [1.29, 1.82) is 0 Å². The number of ether oxygens (including phenoxy) is 1. The monoisotopic (exact) mass is 379 g/mol. The molecule has 28 heavy (non-hydrogen) atoms. The average Bonchev–Trinajstić information content (AvgIpc) is 3.04. The Labute approximate surface area is 162 Å². The molecule has 0 atom stereocenters. The fourth-order valence-corrected chi connectivity index (χ4v) is 2.90. The van der Waals surface area contributed by atoms with Crippen molar-refractivity contribution in [3.63, 3.8) is 0 Å². The predicted molar refractivity (Wildman–Crippen MR) is 105 cm³/mol. The number of Topliss-reactive ketones (excluding diaryl/α,β-unsaturated/α-hetero) is 1. The van der Waals surface area contributed by atoms with E-state index in [0.717, 1.165) is 11.3 Å². The smallest absolute Gasteiger partial charge is 0.289 e. The molecular formula is C21H21N3O4. The van der Waals surface area contributed by atoms with Crippen LogP contribution in [-0.4, -0.2) is 35.3 Å². The number of carbonyl (C=O) groups excluding carboxylic acids is 3. The van der Waals surface area contributed by atoms with Crippen molar-refractivity contribution in [2.45, 2.75) is 13.5 Å². The van der Waals surface area contributed by atoms with Gasteiger partial charge in [0, 0.05) is 17.1 Å². The summed E-state index contributed by atoms with van der Waals surface area (Å²) < 4.78 is 7.20. The SMILES string of the molecule is Cc1ccc(OCCNC(=O)Cn2cc(C(=O)C(N)=O)c3ccccc32)cc1. The summed E-state index contributed by atoms with van der Waals surface area (Å²) in [5.74, 6) is -1.29. The van der Waals surface area contributed by atoms with Crippen molar-refractivity contribution < 1.29 is 19.1 Å². The van der Waals surface area contributed by atoms with Gasteiger partial charge >= 0.3 is 0 Å². The first kappa shape index (κ1) is 19.2. The molecule has 0 unspecified atom stereocenters. The van der Waals surface area contributed by atoms with Crippen molar-refractivity contribution in [2.75, 3.05) is 13.2 Å². The van der Waals surface area contributed by atoms with Crippen molar-refractivity contribution in [2.24, 2.45) is 5.73 Å². The minimum atomic E-state index is -1.03. The van der Waals surface area contributed by atoms with Crippen molar-refractivity contribution in [3.8, 4) is 5.75 Å². The van der Waals surface area contributed by atoms with E-state index in [4.69, 9.17) is 10.5 Å². The standard InChI is InChI=1S/C21H21N3O4/c1-14-6-8-15(9-7-14)28-11-10-23-19(25)13-24-12-17(20(26)21(22)27)16-4-2-3-5-18(16)24/h2-9,12H,10-11,13H2,1H3,(H2,22,27)(H,23,25). The number of rotatable bonds is 8. The lowest BCUT2D eigenvalue weighted by atomic mass is 10.1. The molecule has 1 heterocycles. The molecule has 0 saturated heterocycles. The van der Waals surface area contributed by atoms with E-state index >= 15 is 0 Å². The molecule has 2 aromatic carbocycles. The van der Waals surface area contributed by atoms with E-state index in [0.29, 0.717) is 24.1 Å². The zero-order chi connectivity index (χ0) is 20.1. The Bertz CT molecular complexity index is 1020. The van der Waals surface area contributed by atoms with Gasteiger partial charge in [-0.05, 0) is 25.1 Å². The van der Waals surface area contributed by atoms with Gasteiger partial charge < -0.3 is 20.4 Å². The van der Waals surface area contributed by atoms with Gasteiger partial charge in [0.1, 0.15) is 18.9 Å². The van der Waals surface area contributed by atoms with Gasteiger partial charge in [-0.1, -0.05) is 35.9 Å². The molecule has 144 valence electrons. The van der Waals surface area contributed by atoms with Gasteiger partial charge in [-0.15, -0.1) is 0 Å². The van der Waals surface area contributed by atoms with Gasteiger partial charge in [0.05, 0.1) is 12.1 Å². The van der Waals surface area contributed by atoms with E-state index in [1.165, 1.54) is 6.20 Å². The largest absolute Gasteiger partial charge is 0.492 e. The van der Waals surface area contributed by atoms with Crippen molar-refractivity contribution in [1.82, 2.24) is 9.88 Å². The molecule has 7 heteroatoms. The van der Waals surface area contributed by atoms with Crippen LogP contribution in [0, 0.1) is 6.92 Å². The predicted octanol–water partition coefficient (Wildman–Crippen LogP) is 1.81. The summed E-state index contributed by atoms with van der Waals surface area (Å²) in [6.45, 7) is 2.69. The summed E-state index contributed by atoms with van der Waals surface area (Å²) in [4.78, 5) is 35.5. The number of hydrogen-bond acceptors (Lipinski definition) is 4. The number of carbonyl (C=O) groups is 3. The minimum Gasteiger partial charge on any atom is -0.492 e. The molecule has 0 fully saturated rings. The summed E-state index contributed by atoms with van der Waals surface area (Å²) in [7, 11) is 0. The summed E-state index contributed by atoms with van der Waals surface area (Å²) in [5.41, 5.74) is 7.13. The van der Waals surface area contributed by atoms with Crippen LogP contribution in [0.3, 0.4) is 0 Å². The average molecular weight is 379 g/mol. The number of nitrogens with one attached hydrogen (secondary N) is 1. The highest BCUT2D eigenvalue weighted by Crippen LogP contribution is 2.21. The molecule has 1 aromatic heterocycles. The Morgan fingerprint density at radius 3 is 2.50 bits per heavy atom. The van der Waals surface area contributed by atoms with Gasteiger partial charge in [-0.3, -0.25) is 14.4 Å². The molecule has 3 aromatic rings.